The van der Waals surface area contributed by atoms with Crippen molar-refractivity contribution in [3.63, 3.8) is 0 Å². The van der Waals surface area contributed by atoms with Gasteiger partial charge in [0.15, 0.2) is 5.82 Å². The number of imidazole rings is 1. The van der Waals surface area contributed by atoms with Crippen LogP contribution in [-0.2, 0) is 0 Å². The van der Waals surface area contributed by atoms with E-state index in [4.69, 9.17) is 4.98 Å². The summed E-state index contributed by atoms with van der Waals surface area (Å²) in [6.45, 7) is 6.10. The first-order valence-corrected chi connectivity index (χ1v) is 9.79. The Bertz CT molecular complexity index is 1500. The van der Waals surface area contributed by atoms with Crippen molar-refractivity contribution in [2.45, 2.75) is 6.92 Å². The quantitative estimate of drug-likeness (QED) is 0.422. The van der Waals surface area contributed by atoms with Crippen LogP contribution in [0.25, 0.3) is 51.4 Å². The van der Waals surface area contributed by atoms with Crippen molar-refractivity contribution >= 4 is 28.8 Å². The third-order valence-corrected chi connectivity index (χ3v) is 5.20. The van der Waals surface area contributed by atoms with E-state index in [-0.39, 0.29) is 5.82 Å². The Morgan fingerprint density at radius 1 is 1.13 bits per heavy atom. The van der Waals surface area contributed by atoms with Crippen molar-refractivity contribution < 1.29 is 4.39 Å². The number of para-hydroxylation sites is 1. The highest BCUT2D eigenvalue weighted by molar-refractivity contribution is 5.94. The predicted octanol–water partition coefficient (Wildman–Crippen LogP) is 3.78. The van der Waals surface area contributed by atoms with E-state index in [0.717, 1.165) is 43.9 Å². The lowest BCUT2D eigenvalue weighted by atomic mass is 10.0. The molecular weight excluding hydrogens is 391 g/mol. The van der Waals surface area contributed by atoms with Crippen LogP contribution in [0.5, 0.6) is 0 Å². The third kappa shape index (κ3) is 3.36. The maximum atomic E-state index is 13.4. The van der Waals surface area contributed by atoms with Crippen LogP contribution < -0.4 is 10.6 Å². The number of hydrogen-bond acceptors (Lipinski definition) is 3. The molecule has 2 aromatic carbocycles. The Hall–Kier alpha value is -4.26. The summed E-state index contributed by atoms with van der Waals surface area (Å²) < 4.78 is 13.4. The van der Waals surface area contributed by atoms with Gasteiger partial charge in [-0.1, -0.05) is 36.9 Å². The zero-order valence-electron chi connectivity index (χ0n) is 16.8. The van der Waals surface area contributed by atoms with Gasteiger partial charge in [0.1, 0.15) is 11.5 Å². The van der Waals surface area contributed by atoms with Crippen LogP contribution in [-0.4, -0.2) is 30.4 Å². The van der Waals surface area contributed by atoms with E-state index in [1.54, 1.807) is 24.5 Å². The topological polar surface area (TPSA) is 86.0 Å². The van der Waals surface area contributed by atoms with Gasteiger partial charge in [-0.25, -0.2) is 9.37 Å². The summed E-state index contributed by atoms with van der Waals surface area (Å²) in [6, 6.07) is 12.3. The van der Waals surface area contributed by atoms with E-state index in [9.17, 15) is 4.39 Å². The molecule has 3 heterocycles. The molecule has 0 unspecified atom stereocenters. The molecule has 3 N–H and O–H groups in total. The van der Waals surface area contributed by atoms with Gasteiger partial charge in [-0.15, -0.1) is 0 Å². The number of nitrogens with one attached hydrogen (secondary N) is 3. The van der Waals surface area contributed by atoms with Gasteiger partial charge in [0.25, 0.3) is 0 Å². The average Bonchev–Trinajstić information content (AvgIpc) is 3.53. The number of aromatic nitrogens is 6. The van der Waals surface area contributed by atoms with E-state index >= 15 is 0 Å². The van der Waals surface area contributed by atoms with Crippen molar-refractivity contribution in [3.8, 4) is 22.6 Å². The zero-order chi connectivity index (χ0) is 21.4. The summed E-state index contributed by atoms with van der Waals surface area (Å²) in [5.41, 5.74) is 5.90. The van der Waals surface area contributed by atoms with Crippen molar-refractivity contribution in [1.82, 2.24) is 30.4 Å². The minimum Gasteiger partial charge on any atom is -0.337 e. The Morgan fingerprint density at radius 3 is 2.71 bits per heavy atom. The van der Waals surface area contributed by atoms with Gasteiger partial charge >= 0.3 is 0 Å². The number of rotatable bonds is 4. The van der Waals surface area contributed by atoms with Crippen LogP contribution in [0.15, 0.2) is 61.4 Å². The number of benzene rings is 2. The summed E-state index contributed by atoms with van der Waals surface area (Å²) in [5, 5.41) is 16.1. The van der Waals surface area contributed by atoms with Gasteiger partial charge in [-0.2, -0.15) is 10.2 Å². The number of allylic oxidation sites excluding steroid dienone is 1. The van der Waals surface area contributed by atoms with Crippen LogP contribution in [0.1, 0.15) is 12.5 Å². The largest absolute Gasteiger partial charge is 0.337 e. The summed E-state index contributed by atoms with van der Waals surface area (Å²) in [4.78, 5) is 8.22. The smallest absolute Gasteiger partial charge is 0.159 e. The van der Waals surface area contributed by atoms with E-state index < -0.39 is 0 Å². The van der Waals surface area contributed by atoms with Crippen LogP contribution >= 0.6 is 0 Å². The molecule has 0 radical (unpaired) electrons. The maximum Gasteiger partial charge on any atom is 0.159 e. The molecule has 152 valence electrons. The second-order valence-corrected chi connectivity index (χ2v) is 7.14. The van der Waals surface area contributed by atoms with Crippen molar-refractivity contribution in [3.05, 3.63) is 83.4 Å². The summed E-state index contributed by atoms with van der Waals surface area (Å²) in [6.07, 6.45) is 7.44. The summed E-state index contributed by atoms with van der Waals surface area (Å²) >= 11 is 0. The lowest BCUT2D eigenvalue weighted by Gasteiger charge is -2.02. The first-order valence-electron chi connectivity index (χ1n) is 9.79. The van der Waals surface area contributed by atoms with Gasteiger partial charge in [0, 0.05) is 22.5 Å². The SMILES string of the molecule is C=C(/C=c1/c(-c2nc3c(-c4ccc(F)cc4)cccc3[nH]2)n[nH]/c1=C/C)c1cn[nH]c1. The van der Waals surface area contributed by atoms with Gasteiger partial charge in [-0.3, -0.25) is 10.2 Å². The normalized spacial score (nSPS) is 12.7. The number of aromatic amines is 3. The highest BCUT2D eigenvalue weighted by Gasteiger charge is 2.14. The van der Waals surface area contributed by atoms with E-state index in [0.29, 0.717) is 11.5 Å². The predicted molar refractivity (Wildman–Crippen MR) is 121 cm³/mol. The molecule has 31 heavy (non-hydrogen) atoms. The first kappa shape index (κ1) is 18.7. The van der Waals surface area contributed by atoms with E-state index in [1.807, 2.05) is 37.3 Å². The highest BCUT2D eigenvalue weighted by Crippen LogP contribution is 2.28. The van der Waals surface area contributed by atoms with Gasteiger partial charge in [-0.05, 0) is 42.3 Å². The average molecular weight is 410 g/mol. The van der Waals surface area contributed by atoms with Crippen LogP contribution in [0.4, 0.5) is 4.39 Å². The lowest BCUT2D eigenvalue weighted by molar-refractivity contribution is 0.628. The molecule has 6 nitrogen and oxygen atoms in total. The van der Waals surface area contributed by atoms with E-state index in [1.165, 1.54) is 12.1 Å². The lowest BCUT2D eigenvalue weighted by Crippen LogP contribution is -2.23. The monoisotopic (exact) mass is 410 g/mol. The Kier molecular flexibility index (Phi) is 4.55. The molecule has 0 aliphatic rings. The highest BCUT2D eigenvalue weighted by atomic mass is 19.1. The number of halogens is 1. The van der Waals surface area contributed by atoms with Crippen LogP contribution in [0, 0.1) is 5.82 Å². The number of nitrogens with zero attached hydrogens (tertiary/aromatic N) is 3. The molecule has 0 fully saturated rings. The molecule has 5 aromatic rings. The fourth-order valence-corrected chi connectivity index (χ4v) is 3.60. The second kappa shape index (κ2) is 7.53. The zero-order valence-corrected chi connectivity index (χ0v) is 16.8. The van der Waals surface area contributed by atoms with Crippen molar-refractivity contribution in [2.24, 2.45) is 0 Å². The fourth-order valence-electron chi connectivity index (χ4n) is 3.60. The first-order chi connectivity index (χ1) is 15.1. The molecule has 0 aliphatic carbocycles. The molecule has 3 aromatic heterocycles. The third-order valence-electron chi connectivity index (χ3n) is 5.20. The van der Waals surface area contributed by atoms with Gasteiger partial charge < -0.3 is 4.98 Å². The van der Waals surface area contributed by atoms with Crippen LogP contribution in [0.2, 0.25) is 0 Å². The van der Waals surface area contributed by atoms with Gasteiger partial charge in [0.05, 0.1) is 22.6 Å². The maximum absolute atomic E-state index is 13.4. The van der Waals surface area contributed by atoms with Crippen LogP contribution in [0.3, 0.4) is 0 Å². The van der Waals surface area contributed by atoms with Crippen molar-refractivity contribution in [2.75, 3.05) is 0 Å². The summed E-state index contributed by atoms with van der Waals surface area (Å²) in [7, 11) is 0. The number of H-pyrrole nitrogens is 3. The minimum absolute atomic E-state index is 0.267. The summed E-state index contributed by atoms with van der Waals surface area (Å²) in [5.74, 6) is 0.372. The Morgan fingerprint density at radius 2 is 1.97 bits per heavy atom. The standard InChI is InChI=1S/C24H19FN6/c1-3-20-19(11-14(2)16-12-26-27-13-16)23(31-30-20)24-28-21-6-4-5-18(22(21)29-24)15-7-9-17(25)10-8-15/h3-13,30H,2H2,1H3,(H,26,27)(H,28,29)/b19-11+,20-3+. The molecule has 0 saturated carbocycles. The fraction of sp³-hybridized carbons (Fsp3) is 0.0417. The molecule has 0 aliphatic heterocycles. The molecule has 0 amide bonds. The molecule has 5 rings (SSSR count). The molecular formula is C24H19FN6. The number of fused-ring (bicyclic) bond motifs is 1. The molecule has 0 saturated heterocycles. The Balaban J connectivity index is 1.68. The second-order valence-electron chi connectivity index (χ2n) is 7.14. The van der Waals surface area contributed by atoms with E-state index in [2.05, 4.69) is 32.0 Å². The molecule has 7 heteroatoms. The van der Waals surface area contributed by atoms with Crippen molar-refractivity contribution in [1.29, 1.82) is 0 Å². The number of hydrogen-bond donors (Lipinski definition) is 3. The Labute approximate surface area is 176 Å². The van der Waals surface area contributed by atoms with Gasteiger partial charge in [0.2, 0.25) is 0 Å². The minimum atomic E-state index is -0.267. The molecule has 0 spiro atoms. The molecule has 0 atom stereocenters. The molecule has 0 bridgehead atoms.